The Kier molecular flexibility index (Phi) is 7.52. The summed E-state index contributed by atoms with van der Waals surface area (Å²) in [6.07, 6.45) is 0.659. The van der Waals surface area contributed by atoms with E-state index in [0.29, 0.717) is 18.7 Å². The SMILES string of the molecule is [CH-]=C(c1ccc(-c2ccccc2C)cc1)N1C/C(=N\OC)CC1CO.[U]. The van der Waals surface area contributed by atoms with E-state index in [2.05, 4.69) is 36.3 Å². The van der Waals surface area contributed by atoms with Gasteiger partial charge in [0.15, 0.2) is 0 Å². The minimum atomic E-state index is -0.0649. The molecule has 26 heavy (non-hydrogen) atoms. The van der Waals surface area contributed by atoms with Gasteiger partial charge in [-0.25, -0.2) is 0 Å². The van der Waals surface area contributed by atoms with Gasteiger partial charge in [0.2, 0.25) is 0 Å². The molecule has 1 atom stereocenters. The van der Waals surface area contributed by atoms with E-state index in [-0.39, 0.29) is 43.8 Å². The second-order valence-electron chi connectivity index (χ2n) is 6.29. The molecule has 0 radical (unpaired) electrons. The Morgan fingerprint density at radius 3 is 2.54 bits per heavy atom. The molecule has 1 N–H and O–H groups in total. The minimum Gasteiger partial charge on any atom is -0.399 e. The number of oxime groups is 1. The van der Waals surface area contributed by atoms with Crippen molar-refractivity contribution in [3.05, 3.63) is 66.2 Å². The molecule has 1 heterocycles. The monoisotopic (exact) mass is 573 g/mol. The summed E-state index contributed by atoms with van der Waals surface area (Å²) in [6, 6.07) is 16.5. The second kappa shape index (κ2) is 9.41. The summed E-state index contributed by atoms with van der Waals surface area (Å²) in [4.78, 5) is 6.84. The van der Waals surface area contributed by atoms with Crippen LogP contribution in [-0.4, -0.2) is 42.0 Å². The molecule has 5 heteroatoms. The molecule has 0 aliphatic carbocycles. The zero-order valence-corrected chi connectivity index (χ0v) is 19.3. The smallest absolute Gasteiger partial charge is 0.106 e. The zero-order valence-electron chi connectivity index (χ0n) is 15.1. The molecular formula is C21H23N2O2U-. The summed E-state index contributed by atoms with van der Waals surface area (Å²) in [5, 5.41) is 13.6. The Morgan fingerprint density at radius 2 is 1.92 bits per heavy atom. The van der Waals surface area contributed by atoms with E-state index in [1.807, 2.05) is 29.2 Å². The van der Waals surface area contributed by atoms with Crippen LogP contribution >= 0.6 is 0 Å². The van der Waals surface area contributed by atoms with Gasteiger partial charge in [0.25, 0.3) is 0 Å². The Bertz CT molecular complexity index is 787. The standard InChI is InChI=1S/C21H23N2O2.U/c1-15-6-4-5-7-21(15)18-10-8-17(9-11-18)16(2)23-13-19(22-25-3)12-20(23)14-24;/h2,4-11,20,24H,12-14H2,1,3H3;/q-1;/b22-19-;. The number of aryl methyl sites for hydroxylation is 1. The van der Waals surface area contributed by atoms with E-state index >= 15 is 0 Å². The minimum absolute atomic E-state index is 0. The predicted octanol–water partition coefficient (Wildman–Crippen LogP) is 3.50. The normalized spacial score (nSPS) is 17.9. The van der Waals surface area contributed by atoms with Gasteiger partial charge in [-0.2, -0.15) is 5.56 Å². The molecule has 4 nitrogen and oxygen atoms in total. The molecule has 1 aliphatic rings. The maximum atomic E-state index is 9.64. The number of aliphatic hydroxyl groups excluding tert-OH is 1. The number of rotatable bonds is 5. The van der Waals surface area contributed by atoms with Crippen molar-refractivity contribution in [2.45, 2.75) is 19.4 Å². The molecule has 0 spiro atoms. The maximum absolute atomic E-state index is 9.64. The zero-order chi connectivity index (χ0) is 17.8. The first-order chi connectivity index (χ1) is 12.1. The van der Waals surface area contributed by atoms with Crippen LogP contribution in [0.5, 0.6) is 0 Å². The van der Waals surface area contributed by atoms with Gasteiger partial charge in [-0.3, -0.25) is 6.58 Å². The van der Waals surface area contributed by atoms with Crippen molar-refractivity contribution in [3.63, 3.8) is 0 Å². The number of hydrogen-bond donors (Lipinski definition) is 1. The topological polar surface area (TPSA) is 45.1 Å². The van der Waals surface area contributed by atoms with Crippen LogP contribution in [-0.2, 0) is 4.84 Å². The summed E-state index contributed by atoms with van der Waals surface area (Å²) < 4.78 is 0. The summed E-state index contributed by atoms with van der Waals surface area (Å²) in [7, 11) is 1.53. The van der Waals surface area contributed by atoms with Crippen LogP contribution in [0.2, 0.25) is 0 Å². The second-order valence-corrected chi connectivity index (χ2v) is 6.29. The fourth-order valence-electron chi connectivity index (χ4n) is 3.30. The van der Waals surface area contributed by atoms with E-state index < -0.39 is 0 Å². The first kappa shape index (κ1) is 20.8. The van der Waals surface area contributed by atoms with E-state index in [1.54, 1.807) is 0 Å². The molecule has 134 valence electrons. The van der Waals surface area contributed by atoms with Crippen LogP contribution < -0.4 is 0 Å². The van der Waals surface area contributed by atoms with Crippen molar-refractivity contribution >= 4 is 11.4 Å². The first-order valence-electron chi connectivity index (χ1n) is 8.39. The van der Waals surface area contributed by atoms with Crippen molar-refractivity contribution in [2.24, 2.45) is 5.16 Å². The quantitative estimate of drug-likeness (QED) is 0.440. The van der Waals surface area contributed by atoms with Crippen molar-refractivity contribution < 1.29 is 41.1 Å². The average Bonchev–Trinajstić information content (AvgIpc) is 3.05. The van der Waals surface area contributed by atoms with Gasteiger partial charge in [0.05, 0.1) is 24.9 Å². The summed E-state index contributed by atoms with van der Waals surface area (Å²) in [5.74, 6) is 0. The molecule has 1 unspecified atom stereocenters. The molecule has 0 bridgehead atoms. The van der Waals surface area contributed by atoms with E-state index in [0.717, 1.165) is 16.8 Å². The van der Waals surface area contributed by atoms with E-state index in [4.69, 9.17) is 11.4 Å². The fourth-order valence-corrected chi connectivity index (χ4v) is 3.30. The first-order valence-corrected chi connectivity index (χ1v) is 8.39. The largest absolute Gasteiger partial charge is 0.399 e. The van der Waals surface area contributed by atoms with Crippen LogP contribution in [0, 0.1) is 44.6 Å². The third kappa shape index (κ3) is 4.41. The molecule has 1 saturated heterocycles. The Labute approximate surface area is 178 Å². The van der Waals surface area contributed by atoms with E-state index in [9.17, 15) is 5.11 Å². The van der Waals surface area contributed by atoms with Gasteiger partial charge < -0.3 is 14.8 Å². The van der Waals surface area contributed by atoms with Gasteiger partial charge in [-0.1, -0.05) is 41.6 Å². The third-order valence-corrected chi connectivity index (χ3v) is 4.64. The molecule has 1 aliphatic heterocycles. The molecule has 1 fully saturated rings. The van der Waals surface area contributed by atoms with Crippen LogP contribution in [0.1, 0.15) is 17.5 Å². The number of nitrogens with zero attached hydrogens (tertiary/aromatic N) is 2. The summed E-state index contributed by atoms with van der Waals surface area (Å²) in [6.45, 7) is 9.09. The number of benzene rings is 2. The van der Waals surface area contributed by atoms with Crippen molar-refractivity contribution in [2.75, 3.05) is 20.3 Å². The summed E-state index contributed by atoms with van der Waals surface area (Å²) in [5.41, 5.74) is 6.10. The Hall–Kier alpha value is -1.54. The fraction of sp³-hybridized carbons (Fsp3) is 0.286. The number of aliphatic hydroxyl groups is 1. The maximum Gasteiger partial charge on any atom is 0.106 e. The molecule has 2 aromatic rings. The van der Waals surface area contributed by atoms with Crippen LogP contribution in [0.25, 0.3) is 16.8 Å². The molecule has 0 saturated carbocycles. The number of hydrogen-bond acceptors (Lipinski definition) is 4. The van der Waals surface area contributed by atoms with Crippen LogP contribution in [0.15, 0.2) is 53.7 Å². The van der Waals surface area contributed by atoms with Gasteiger partial charge in [0, 0.05) is 37.5 Å². The molecule has 2 aromatic carbocycles. The van der Waals surface area contributed by atoms with Crippen molar-refractivity contribution in [1.29, 1.82) is 0 Å². The molecule has 0 amide bonds. The third-order valence-electron chi connectivity index (χ3n) is 4.64. The van der Waals surface area contributed by atoms with Crippen molar-refractivity contribution in [1.82, 2.24) is 4.90 Å². The Balaban J connectivity index is 0.00000243. The van der Waals surface area contributed by atoms with Gasteiger partial charge >= 0.3 is 0 Å². The average molecular weight is 573 g/mol. The summed E-state index contributed by atoms with van der Waals surface area (Å²) >= 11 is 0. The van der Waals surface area contributed by atoms with Crippen LogP contribution in [0.4, 0.5) is 0 Å². The molecule has 3 rings (SSSR count). The van der Waals surface area contributed by atoms with E-state index in [1.165, 1.54) is 18.2 Å². The van der Waals surface area contributed by atoms with Crippen LogP contribution in [0.3, 0.4) is 0 Å². The Morgan fingerprint density at radius 1 is 1.23 bits per heavy atom. The van der Waals surface area contributed by atoms with Gasteiger partial charge in [-0.15, -0.1) is 17.8 Å². The predicted molar refractivity (Wildman–Crippen MR) is 101 cm³/mol. The van der Waals surface area contributed by atoms with Crippen molar-refractivity contribution in [3.8, 4) is 11.1 Å². The van der Waals surface area contributed by atoms with Gasteiger partial charge in [0.1, 0.15) is 7.11 Å². The molecule has 0 aromatic heterocycles. The molecular weight excluding hydrogens is 550 g/mol. The van der Waals surface area contributed by atoms with Gasteiger partial charge in [-0.05, 0) is 23.6 Å². The number of likely N-dealkylation sites (tertiary alicyclic amines) is 1.